The van der Waals surface area contributed by atoms with E-state index in [2.05, 4.69) is 5.32 Å². The minimum Gasteiger partial charge on any atom is -0.367 e. The number of likely N-dealkylation sites (tertiary alicyclic amines) is 1. The second-order valence-electron chi connectivity index (χ2n) is 6.47. The molecule has 5 nitrogen and oxygen atoms in total. The molecular formula is C21H24N2O3. The van der Waals surface area contributed by atoms with Gasteiger partial charge >= 0.3 is 0 Å². The Morgan fingerprint density at radius 1 is 0.962 bits per heavy atom. The number of nitrogens with one attached hydrogen (secondary N) is 1. The second-order valence-corrected chi connectivity index (χ2v) is 6.47. The van der Waals surface area contributed by atoms with Gasteiger partial charge in [-0.3, -0.25) is 9.59 Å². The summed E-state index contributed by atoms with van der Waals surface area (Å²) in [7, 11) is 0. The number of nitrogens with zero attached hydrogens (tertiary/aromatic N) is 1. The lowest BCUT2D eigenvalue weighted by atomic mass is 10.0. The van der Waals surface area contributed by atoms with Crippen molar-refractivity contribution in [3.63, 3.8) is 0 Å². The van der Waals surface area contributed by atoms with Crippen molar-refractivity contribution >= 4 is 11.8 Å². The SMILES string of the molecule is O=C(NC1CCN(C(=O)COCc2ccccc2)CC1)c1ccccc1. The van der Waals surface area contributed by atoms with Gasteiger partial charge in [-0.05, 0) is 30.5 Å². The topological polar surface area (TPSA) is 58.6 Å². The van der Waals surface area contributed by atoms with Gasteiger partial charge in [0.1, 0.15) is 6.61 Å². The Morgan fingerprint density at radius 2 is 1.58 bits per heavy atom. The largest absolute Gasteiger partial charge is 0.367 e. The zero-order valence-electron chi connectivity index (χ0n) is 14.8. The van der Waals surface area contributed by atoms with Crippen LogP contribution >= 0.6 is 0 Å². The molecule has 1 fully saturated rings. The van der Waals surface area contributed by atoms with Crippen LogP contribution in [0, 0.1) is 0 Å². The first-order valence-corrected chi connectivity index (χ1v) is 8.98. The lowest BCUT2D eigenvalue weighted by Gasteiger charge is -2.32. The Kier molecular flexibility index (Phi) is 6.39. The van der Waals surface area contributed by atoms with E-state index in [1.54, 1.807) is 12.1 Å². The van der Waals surface area contributed by atoms with Crippen LogP contribution in [0.5, 0.6) is 0 Å². The molecule has 26 heavy (non-hydrogen) atoms. The molecule has 1 saturated heterocycles. The van der Waals surface area contributed by atoms with E-state index < -0.39 is 0 Å². The summed E-state index contributed by atoms with van der Waals surface area (Å²) in [5, 5.41) is 3.05. The molecule has 0 bridgehead atoms. The molecule has 0 aliphatic carbocycles. The molecule has 0 saturated carbocycles. The molecule has 1 heterocycles. The molecule has 1 N–H and O–H groups in total. The van der Waals surface area contributed by atoms with Crippen molar-refractivity contribution in [1.82, 2.24) is 10.2 Å². The second kappa shape index (κ2) is 9.15. The smallest absolute Gasteiger partial charge is 0.251 e. The van der Waals surface area contributed by atoms with Crippen molar-refractivity contribution in [2.24, 2.45) is 0 Å². The molecule has 2 aromatic rings. The summed E-state index contributed by atoms with van der Waals surface area (Å²) >= 11 is 0. The van der Waals surface area contributed by atoms with Crippen LogP contribution in [-0.4, -0.2) is 42.5 Å². The van der Waals surface area contributed by atoms with E-state index in [9.17, 15) is 9.59 Å². The summed E-state index contributed by atoms with van der Waals surface area (Å²) in [6.07, 6.45) is 1.53. The van der Waals surface area contributed by atoms with Crippen LogP contribution < -0.4 is 5.32 Å². The first-order valence-electron chi connectivity index (χ1n) is 8.98. The summed E-state index contributed by atoms with van der Waals surface area (Å²) in [5.74, 6) is -0.0460. The predicted octanol–water partition coefficient (Wildman–Crippen LogP) is 2.62. The number of benzene rings is 2. The van der Waals surface area contributed by atoms with Crippen LogP contribution in [-0.2, 0) is 16.1 Å². The predicted molar refractivity (Wildman–Crippen MR) is 99.6 cm³/mol. The first kappa shape index (κ1) is 18.1. The van der Waals surface area contributed by atoms with Gasteiger partial charge in [0, 0.05) is 24.7 Å². The van der Waals surface area contributed by atoms with Crippen LogP contribution in [0.1, 0.15) is 28.8 Å². The number of carbonyl (C=O) groups is 2. The van der Waals surface area contributed by atoms with Crippen LogP contribution in [0.25, 0.3) is 0 Å². The van der Waals surface area contributed by atoms with Gasteiger partial charge in [-0.1, -0.05) is 48.5 Å². The third-order valence-electron chi connectivity index (χ3n) is 4.56. The summed E-state index contributed by atoms with van der Waals surface area (Å²) in [4.78, 5) is 26.3. The van der Waals surface area contributed by atoms with Crippen molar-refractivity contribution in [2.45, 2.75) is 25.5 Å². The number of rotatable bonds is 6. The van der Waals surface area contributed by atoms with E-state index in [-0.39, 0.29) is 24.5 Å². The molecule has 1 aliphatic rings. The summed E-state index contributed by atoms with van der Waals surface area (Å²) < 4.78 is 5.52. The molecule has 5 heteroatoms. The van der Waals surface area contributed by atoms with Crippen LogP contribution in [0.3, 0.4) is 0 Å². The summed E-state index contributed by atoms with van der Waals surface area (Å²) in [6.45, 7) is 1.83. The molecule has 3 rings (SSSR count). The van der Waals surface area contributed by atoms with Crippen molar-refractivity contribution in [1.29, 1.82) is 0 Å². The fourth-order valence-corrected chi connectivity index (χ4v) is 3.05. The Labute approximate surface area is 154 Å². The third-order valence-corrected chi connectivity index (χ3v) is 4.56. The molecule has 0 spiro atoms. The van der Waals surface area contributed by atoms with Crippen molar-refractivity contribution in [3.8, 4) is 0 Å². The molecule has 1 aliphatic heterocycles. The Bertz CT molecular complexity index is 711. The lowest BCUT2D eigenvalue weighted by molar-refractivity contribution is -0.137. The number of hydrogen-bond acceptors (Lipinski definition) is 3. The van der Waals surface area contributed by atoms with Gasteiger partial charge in [-0.15, -0.1) is 0 Å². The number of amides is 2. The van der Waals surface area contributed by atoms with Crippen LogP contribution in [0.2, 0.25) is 0 Å². The van der Waals surface area contributed by atoms with Gasteiger partial charge in [-0.2, -0.15) is 0 Å². The average molecular weight is 352 g/mol. The van der Waals surface area contributed by atoms with E-state index in [1.807, 2.05) is 53.4 Å². The zero-order chi connectivity index (χ0) is 18.2. The van der Waals surface area contributed by atoms with Crippen LogP contribution in [0.15, 0.2) is 60.7 Å². The number of ether oxygens (including phenoxy) is 1. The standard InChI is InChI=1S/C21H24N2O3/c24-20(16-26-15-17-7-3-1-4-8-17)23-13-11-19(12-14-23)22-21(25)18-9-5-2-6-10-18/h1-10,19H,11-16H2,(H,22,25). The molecule has 0 atom stereocenters. The van der Waals surface area contributed by atoms with E-state index in [0.717, 1.165) is 18.4 Å². The van der Waals surface area contributed by atoms with Crippen molar-refractivity contribution in [3.05, 3.63) is 71.8 Å². The minimum absolute atomic E-state index is 0.00812. The number of piperidine rings is 1. The van der Waals surface area contributed by atoms with Gasteiger partial charge in [0.05, 0.1) is 6.61 Å². The monoisotopic (exact) mass is 352 g/mol. The minimum atomic E-state index is -0.0541. The van der Waals surface area contributed by atoms with E-state index in [4.69, 9.17) is 4.74 Å². The van der Waals surface area contributed by atoms with Gasteiger partial charge in [0.25, 0.3) is 5.91 Å². The fourth-order valence-electron chi connectivity index (χ4n) is 3.05. The highest BCUT2D eigenvalue weighted by atomic mass is 16.5. The van der Waals surface area contributed by atoms with E-state index >= 15 is 0 Å². The van der Waals surface area contributed by atoms with E-state index in [1.165, 1.54) is 0 Å². The molecule has 0 radical (unpaired) electrons. The normalized spacial score (nSPS) is 14.8. The van der Waals surface area contributed by atoms with Gasteiger partial charge in [-0.25, -0.2) is 0 Å². The highest BCUT2D eigenvalue weighted by Gasteiger charge is 2.24. The van der Waals surface area contributed by atoms with Gasteiger partial charge in [0.15, 0.2) is 0 Å². The lowest BCUT2D eigenvalue weighted by Crippen LogP contribution is -2.47. The maximum atomic E-state index is 12.3. The molecular weight excluding hydrogens is 328 g/mol. The van der Waals surface area contributed by atoms with Crippen molar-refractivity contribution < 1.29 is 14.3 Å². The number of carbonyl (C=O) groups excluding carboxylic acids is 2. The third kappa shape index (κ3) is 5.17. The van der Waals surface area contributed by atoms with E-state index in [0.29, 0.717) is 25.3 Å². The Balaban J connectivity index is 1.37. The maximum absolute atomic E-state index is 12.3. The highest BCUT2D eigenvalue weighted by Crippen LogP contribution is 2.12. The summed E-state index contributed by atoms with van der Waals surface area (Å²) in [6, 6.07) is 19.1. The Hall–Kier alpha value is -2.66. The molecule has 0 aromatic heterocycles. The fraction of sp³-hybridized carbons (Fsp3) is 0.333. The quantitative estimate of drug-likeness (QED) is 0.869. The first-order chi connectivity index (χ1) is 12.7. The molecule has 136 valence electrons. The molecule has 0 unspecified atom stereocenters. The van der Waals surface area contributed by atoms with Gasteiger partial charge < -0.3 is 15.0 Å². The molecule has 2 amide bonds. The highest BCUT2D eigenvalue weighted by molar-refractivity contribution is 5.94. The van der Waals surface area contributed by atoms with Gasteiger partial charge in [0.2, 0.25) is 5.91 Å². The zero-order valence-corrected chi connectivity index (χ0v) is 14.8. The maximum Gasteiger partial charge on any atom is 0.251 e. The Morgan fingerprint density at radius 3 is 2.23 bits per heavy atom. The van der Waals surface area contributed by atoms with Crippen molar-refractivity contribution in [2.75, 3.05) is 19.7 Å². The summed E-state index contributed by atoms with van der Waals surface area (Å²) in [5.41, 5.74) is 1.72. The molecule has 2 aromatic carbocycles. The van der Waals surface area contributed by atoms with Crippen LogP contribution in [0.4, 0.5) is 0 Å². The average Bonchev–Trinajstić information content (AvgIpc) is 2.70. The number of hydrogen-bond donors (Lipinski definition) is 1.